The van der Waals surface area contributed by atoms with E-state index < -0.39 is 6.09 Å². The average Bonchev–Trinajstić information content (AvgIpc) is 2.87. The Morgan fingerprint density at radius 2 is 2.04 bits per heavy atom. The maximum Gasteiger partial charge on any atom is 0.407 e. The van der Waals surface area contributed by atoms with Gasteiger partial charge in [0.1, 0.15) is 4.32 Å². The Labute approximate surface area is 153 Å². The van der Waals surface area contributed by atoms with Gasteiger partial charge < -0.3 is 20.2 Å². The molecule has 0 bridgehead atoms. The molecule has 2 N–H and O–H groups in total. The molecule has 0 saturated carbocycles. The van der Waals surface area contributed by atoms with Gasteiger partial charge in [-0.2, -0.15) is 0 Å². The number of halogens is 1. The van der Waals surface area contributed by atoms with E-state index in [4.69, 9.17) is 28.9 Å². The van der Waals surface area contributed by atoms with Gasteiger partial charge in [0.15, 0.2) is 0 Å². The number of carbonyl (C=O) groups excluding carboxylic acids is 1. The van der Waals surface area contributed by atoms with E-state index in [2.05, 4.69) is 10.2 Å². The third-order valence-corrected chi connectivity index (χ3v) is 5.33. The number of amides is 2. The largest absolute Gasteiger partial charge is 0.465 e. The topological polar surface area (TPSA) is 72.9 Å². The summed E-state index contributed by atoms with van der Waals surface area (Å²) in [5.74, 6) is -0.230. The van der Waals surface area contributed by atoms with Crippen molar-refractivity contribution in [2.75, 3.05) is 31.1 Å². The number of hydrogen-bond donors (Lipinski definition) is 2. The molecule has 0 radical (unpaired) electrons. The second-order valence-electron chi connectivity index (χ2n) is 5.28. The summed E-state index contributed by atoms with van der Waals surface area (Å²) >= 11 is 12.5. The summed E-state index contributed by atoms with van der Waals surface area (Å²) in [6, 6.07) is 5.53. The van der Waals surface area contributed by atoms with Gasteiger partial charge in [-0.05, 0) is 18.2 Å². The van der Waals surface area contributed by atoms with E-state index in [1.807, 2.05) is 12.1 Å². The summed E-state index contributed by atoms with van der Waals surface area (Å²) in [6.07, 6.45) is 0.830. The number of nitrogens with zero attached hydrogens (tertiary/aromatic N) is 2. The molecule has 1 aromatic carbocycles. The van der Waals surface area contributed by atoms with Gasteiger partial charge in [0, 0.05) is 42.5 Å². The van der Waals surface area contributed by atoms with Crippen LogP contribution in [0.2, 0.25) is 5.02 Å². The molecule has 0 aromatic heterocycles. The predicted molar refractivity (Wildman–Crippen MR) is 99.6 cm³/mol. The second kappa shape index (κ2) is 7.00. The van der Waals surface area contributed by atoms with Crippen LogP contribution in [-0.2, 0) is 4.79 Å². The highest BCUT2D eigenvalue weighted by Gasteiger charge is 2.25. The number of anilines is 1. The molecule has 2 fully saturated rings. The molecule has 2 aliphatic rings. The zero-order chi connectivity index (χ0) is 17.3. The molecule has 2 saturated heterocycles. The summed E-state index contributed by atoms with van der Waals surface area (Å²) in [4.78, 5) is 26.9. The first-order valence-corrected chi connectivity index (χ1v) is 8.82. The van der Waals surface area contributed by atoms with Crippen LogP contribution in [0.4, 0.5) is 10.5 Å². The molecule has 2 amide bonds. The van der Waals surface area contributed by atoms with E-state index in [0.29, 0.717) is 40.4 Å². The van der Waals surface area contributed by atoms with Gasteiger partial charge in [0.05, 0.1) is 4.91 Å². The maximum absolute atomic E-state index is 11.9. The van der Waals surface area contributed by atoms with Gasteiger partial charge in [-0.1, -0.05) is 41.6 Å². The molecule has 0 spiro atoms. The Balaban J connectivity index is 1.89. The van der Waals surface area contributed by atoms with Crippen molar-refractivity contribution in [3.8, 4) is 0 Å². The zero-order valence-corrected chi connectivity index (χ0v) is 14.9. The van der Waals surface area contributed by atoms with E-state index >= 15 is 0 Å². The highest BCUT2D eigenvalue weighted by atomic mass is 35.5. The summed E-state index contributed by atoms with van der Waals surface area (Å²) in [5.41, 5.74) is 1.62. The molecular weight excluding hydrogens is 370 g/mol. The van der Waals surface area contributed by atoms with Crippen LogP contribution < -0.4 is 10.2 Å². The van der Waals surface area contributed by atoms with Crippen molar-refractivity contribution >= 4 is 63.7 Å². The maximum atomic E-state index is 11.9. The first-order valence-electron chi connectivity index (χ1n) is 7.22. The second-order valence-corrected chi connectivity index (χ2v) is 7.41. The molecule has 9 heteroatoms. The third kappa shape index (κ3) is 3.50. The number of carboxylic acid groups (broad SMARTS) is 1. The Morgan fingerprint density at radius 3 is 2.62 bits per heavy atom. The van der Waals surface area contributed by atoms with Gasteiger partial charge >= 0.3 is 6.09 Å². The van der Waals surface area contributed by atoms with Crippen molar-refractivity contribution in [2.24, 2.45) is 0 Å². The fraction of sp³-hybridized carbons (Fsp3) is 0.267. The Morgan fingerprint density at radius 1 is 1.33 bits per heavy atom. The number of hydrogen-bond acceptors (Lipinski definition) is 5. The van der Waals surface area contributed by atoms with Crippen LogP contribution in [0.25, 0.3) is 6.08 Å². The fourth-order valence-corrected chi connectivity index (χ4v) is 3.89. The van der Waals surface area contributed by atoms with Crippen LogP contribution in [0, 0.1) is 0 Å². The highest BCUT2D eigenvalue weighted by molar-refractivity contribution is 8.26. The van der Waals surface area contributed by atoms with E-state index in [9.17, 15) is 9.59 Å². The average molecular weight is 384 g/mol. The van der Waals surface area contributed by atoms with Crippen LogP contribution in [0.3, 0.4) is 0 Å². The van der Waals surface area contributed by atoms with Gasteiger partial charge in [-0.15, -0.1) is 0 Å². The molecule has 6 nitrogen and oxygen atoms in total. The van der Waals surface area contributed by atoms with Crippen molar-refractivity contribution in [1.29, 1.82) is 0 Å². The normalized spacial score (nSPS) is 19.8. The van der Waals surface area contributed by atoms with E-state index in [0.717, 1.165) is 11.3 Å². The van der Waals surface area contributed by atoms with Crippen LogP contribution in [0.15, 0.2) is 23.1 Å². The van der Waals surface area contributed by atoms with Crippen molar-refractivity contribution in [1.82, 2.24) is 10.2 Å². The SMILES string of the molecule is O=C1NC(=S)SC1=Cc1c(Cl)cccc1N1CCN(C(=O)O)CC1. The third-order valence-electron chi connectivity index (χ3n) is 3.84. The molecule has 2 heterocycles. The standard InChI is InChI=1S/C15H14ClN3O3S2/c16-10-2-1-3-11(18-4-6-19(7-5-18)15(21)22)9(10)8-12-13(20)17-14(23)24-12/h1-3,8H,4-7H2,(H,21,22)(H,17,20,23). The van der Waals surface area contributed by atoms with Crippen LogP contribution in [-0.4, -0.2) is 52.5 Å². The highest BCUT2D eigenvalue weighted by Crippen LogP contribution is 2.34. The lowest BCUT2D eigenvalue weighted by Gasteiger charge is -2.35. The zero-order valence-electron chi connectivity index (χ0n) is 12.5. The van der Waals surface area contributed by atoms with Crippen molar-refractivity contribution in [2.45, 2.75) is 0 Å². The lowest BCUT2D eigenvalue weighted by atomic mass is 10.1. The summed E-state index contributed by atoms with van der Waals surface area (Å²) in [7, 11) is 0. The molecule has 126 valence electrons. The number of benzene rings is 1. The molecule has 3 rings (SSSR count). The van der Waals surface area contributed by atoms with Gasteiger partial charge in [0.25, 0.3) is 5.91 Å². The van der Waals surface area contributed by atoms with Gasteiger partial charge in [0.2, 0.25) is 0 Å². The smallest absolute Gasteiger partial charge is 0.407 e. The van der Waals surface area contributed by atoms with Crippen molar-refractivity contribution in [3.63, 3.8) is 0 Å². The summed E-state index contributed by atoms with van der Waals surface area (Å²) in [6.45, 7) is 2.00. The predicted octanol–water partition coefficient (Wildman–Crippen LogP) is 2.63. The molecule has 24 heavy (non-hydrogen) atoms. The minimum absolute atomic E-state index is 0.230. The number of nitrogens with one attached hydrogen (secondary N) is 1. The molecule has 0 aliphatic carbocycles. The monoisotopic (exact) mass is 383 g/mol. The summed E-state index contributed by atoms with van der Waals surface area (Å²) < 4.78 is 0.426. The Kier molecular flexibility index (Phi) is 4.98. The first-order chi connectivity index (χ1) is 11.5. The fourth-order valence-electron chi connectivity index (χ4n) is 2.64. The number of piperazine rings is 1. The Bertz CT molecular complexity index is 745. The molecule has 2 aliphatic heterocycles. The van der Waals surface area contributed by atoms with Crippen molar-refractivity contribution in [3.05, 3.63) is 33.7 Å². The van der Waals surface area contributed by atoms with Crippen molar-refractivity contribution < 1.29 is 14.7 Å². The summed E-state index contributed by atoms with van der Waals surface area (Å²) in [5, 5.41) is 12.2. The molecule has 0 unspecified atom stereocenters. The Hall–Kier alpha value is -1.77. The van der Waals surface area contributed by atoms with E-state index in [1.54, 1.807) is 12.1 Å². The number of rotatable bonds is 2. The van der Waals surface area contributed by atoms with Crippen LogP contribution >= 0.6 is 35.6 Å². The van der Waals surface area contributed by atoms with Gasteiger partial charge in [-0.3, -0.25) is 4.79 Å². The van der Waals surface area contributed by atoms with Crippen LogP contribution in [0.1, 0.15) is 5.56 Å². The molecular formula is C15H14ClN3O3S2. The van der Waals surface area contributed by atoms with Crippen LogP contribution in [0.5, 0.6) is 0 Å². The molecule has 1 aromatic rings. The number of thioether (sulfide) groups is 1. The molecule has 0 atom stereocenters. The van der Waals surface area contributed by atoms with Gasteiger partial charge in [-0.25, -0.2) is 4.79 Å². The quantitative estimate of drug-likeness (QED) is 0.604. The minimum Gasteiger partial charge on any atom is -0.465 e. The lowest BCUT2D eigenvalue weighted by Crippen LogP contribution is -2.48. The lowest BCUT2D eigenvalue weighted by molar-refractivity contribution is -0.115. The first kappa shape index (κ1) is 17.1. The van der Waals surface area contributed by atoms with E-state index in [1.165, 1.54) is 16.7 Å². The number of thiocarbonyl (C=S) groups is 1. The minimum atomic E-state index is -0.907. The van der Waals surface area contributed by atoms with E-state index in [-0.39, 0.29) is 5.91 Å². The number of carbonyl (C=O) groups is 2.